The van der Waals surface area contributed by atoms with Gasteiger partial charge in [-0.1, -0.05) is 29.8 Å². The van der Waals surface area contributed by atoms with E-state index in [4.69, 9.17) is 14.2 Å². The third kappa shape index (κ3) is 6.39. The molecule has 0 bridgehead atoms. The van der Waals surface area contributed by atoms with Crippen molar-refractivity contribution in [1.82, 2.24) is 14.6 Å². The summed E-state index contributed by atoms with van der Waals surface area (Å²) in [5.74, 6) is 1.31. The van der Waals surface area contributed by atoms with Crippen LogP contribution in [0.25, 0.3) is 10.9 Å². The Kier molecular flexibility index (Phi) is 8.99. The molecular formula is C26H28Br2N4O5. The molecule has 0 unspecified atom stereocenters. The summed E-state index contributed by atoms with van der Waals surface area (Å²) in [6.07, 6.45) is 1.58. The molecule has 11 heteroatoms. The van der Waals surface area contributed by atoms with Gasteiger partial charge in [-0.25, -0.2) is 4.98 Å². The summed E-state index contributed by atoms with van der Waals surface area (Å²) in [6, 6.07) is 8.98. The molecule has 1 amide bonds. The van der Waals surface area contributed by atoms with E-state index in [0.717, 1.165) is 4.47 Å². The van der Waals surface area contributed by atoms with Gasteiger partial charge in [0.25, 0.3) is 11.5 Å². The fourth-order valence-electron chi connectivity index (χ4n) is 3.88. The van der Waals surface area contributed by atoms with Crippen LogP contribution in [0.2, 0.25) is 0 Å². The maximum Gasteiger partial charge on any atom is 0.282 e. The number of rotatable bonds is 8. The van der Waals surface area contributed by atoms with Gasteiger partial charge in [0.1, 0.15) is 5.82 Å². The lowest BCUT2D eigenvalue weighted by Crippen LogP contribution is -2.43. The second kappa shape index (κ2) is 12.2. The topological polar surface area (TPSA) is 95.2 Å². The van der Waals surface area contributed by atoms with Crippen molar-refractivity contribution in [3.63, 3.8) is 0 Å². The number of nitrogens with zero attached hydrogens (tertiary/aromatic N) is 4. The first-order chi connectivity index (χ1) is 17.8. The van der Waals surface area contributed by atoms with Gasteiger partial charge in [0.15, 0.2) is 18.1 Å². The smallest absolute Gasteiger partial charge is 0.282 e. The molecule has 1 aliphatic heterocycles. The highest BCUT2D eigenvalue weighted by Gasteiger charge is 2.20. The van der Waals surface area contributed by atoms with Crippen molar-refractivity contribution in [2.75, 3.05) is 39.5 Å². The summed E-state index contributed by atoms with van der Waals surface area (Å²) >= 11 is 6.96. The average molecular weight is 636 g/mol. The molecule has 1 aromatic heterocycles. The average Bonchev–Trinajstić information content (AvgIpc) is 2.88. The van der Waals surface area contributed by atoms with Gasteiger partial charge < -0.3 is 19.1 Å². The van der Waals surface area contributed by atoms with Crippen molar-refractivity contribution in [2.45, 2.75) is 26.7 Å². The van der Waals surface area contributed by atoms with Crippen molar-refractivity contribution in [1.29, 1.82) is 0 Å². The van der Waals surface area contributed by atoms with Crippen molar-refractivity contribution in [3.05, 3.63) is 61.0 Å². The van der Waals surface area contributed by atoms with Gasteiger partial charge in [0, 0.05) is 23.5 Å². The molecule has 9 nitrogen and oxygen atoms in total. The lowest BCUT2D eigenvalue weighted by Gasteiger charge is -2.27. The SMILES string of the molecule is CCOc1cc(C=Nn2c(C(C)C)nc3ccc(Br)cc3c2=O)cc(Br)c1OCC(=O)N1CCOCC1. The largest absolute Gasteiger partial charge is 0.490 e. The number of carbonyl (C=O) groups excluding carboxylic acids is 1. The number of hydrogen-bond donors (Lipinski definition) is 0. The minimum atomic E-state index is -0.253. The number of fused-ring (bicyclic) bond motifs is 1. The normalized spacial score (nSPS) is 14.1. The standard InChI is InChI=1S/C26H28Br2N4O5/c1-4-36-22-12-17(11-20(28)24(22)37-15-23(33)31-7-9-35-10-8-31)14-29-32-25(16(2)3)30-21-6-5-18(27)13-19(21)26(32)34/h5-6,11-14,16H,4,7-10,15H2,1-3H3. The van der Waals surface area contributed by atoms with Crippen LogP contribution in [-0.2, 0) is 9.53 Å². The van der Waals surface area contributed by atoms with Gasteiger partial charge in [0.2, 0.25) is 0 Å². The molecule has 1 fully saturated rings. The van der Waals surface area contributed by atoms with E-state index in [9.17, 15) is 9.59 Å². The Labute approximate surface area is 231 Å². The molecule has 1 aliphatic rings. The zero-order valence-electron chi connectivity index (χ0n) is 20.9. The van der Waals surface area contributed by atoms with E-state index in [1.807, 2.05) is 32.9 Å². The fourth-order valence-corrected chi connectivity index (χ4v) is 4.81. The van der Waals surface area contributed by atoms with Gasteiger partial charge in [0.05, 0.1) is 41.4 Å². The number of ether oxygens (including phenoxy) is 3. The number of halogens is 2. The minimum Gasteiger partial charge on any atom is -0.490 e. The molecule has 3 aromatic rings. The summed E-state index contributed by atoms with van der Waals surface area (Å²) in [4.78, 5) is 32.2. The van der Waals surface area contributed by atoms with E-state index in [1.165, 1.54) is 4.68 Å². The molecule has 1 saturated heterocycles. The van der Waals surface area contributed by atoms with E-state index in [2.05, 4.69) is 41.9 Å². The zero-order valence-corrected chi connectivity index (χ0v) is 24.0. The van der Waals surface area contributed by atoms with Crippen LogP contribution in [-0.4, -0.2) is 66.2 Å². The summed E-state index contributed by atoms with van der Waals surface area (Å²) in [5, 5.41) is 4.97. The monoisotopic (exact) mass is 634 g/mol. The van der Waals surface area contributed by atoms with Gasteiger partial charge in [-0.3, -0.25) is 9.59 Å². The van der Waals surface area contributed by atoms with Crippen molar-refractivity contribution >= 4 is 54.9 Å². The first-order valence-electron chi connectivity index (χ1n) is 12.0. The zero-order chi connectivity index (χ0) is 26.5. The Balaban J connectivity index is 1.64. The molecule has 0 radical (unpaired) electrons. The van der Waals surface area contributed by atoms with E-state index in [1.54, 1.807) is 29.3 Å². The number of amides is 1. The molecular weight excluding hydrogens is 608 g/mol. The summed E-state index contributed by atoms with van der Waals surface area (Å²) in [5.41, 5.74) is 1.05. The minimum absolute atomic E-state index is 0.0246. The highest BCUT2D eigenvalue weighted by molar-refractivity contribution is 9.10. The number of carbonyl (C=O) groups is 1. The summed E-state index contributed by atoms with van der Waals surface area (Å²) in [6.45, 7) is 8.24. The van der Waals surface area contributed by atoms with Crippen LogP contribution < -0.4 is 15.0 Å². The third-order valence-corrected chi connectivity index (χ3v) is 6.79. The molecule has 0 saturated carbocycles. The molecule has 2 heterocycles. The van der Waals surface area contributed by atoms with Crippen LogP contribution in [0.1, 0.15) is 38.1 Å². The second-order valence-corrected chi connectivity index (χ2v) is 10.5. The van der Waals surface area contributed by atoms with Crippen LogP contribution >= 0.6 is 31.9 Å². The van der Waals surface area contributed by atoms with E-state index in [0.29, 0.717) is 71.2 Å². The van der Waals surface area contributed by atoms with E-state index < -0.39 is 0 Å². The third-order valence-electron chi connectivity index (χ3n) is 5.71. The predicted octanol–water partition coefficient (Wildman–Crippen LogP) is 4.56. The van der Waals surface area contributed by atoms with Crippen LogP contribution in [0.5, 0.6) is 11.5 Å². The molecule has 0 aliphatic carbocycles. The van der Waals surface area contributed by atoms with Crippen LogP contribution in [0.15, 0.2) is 49.2 Å². The van der Waals surface area contributed by atoms with Crippen LogP contribution in [0, 0.1) is 0 Å². The molecule has 0 N–H and O–H groups in total. The first-order valence-corrected chi connectivity index (χ1v) is 13.6. The predicted molar refractivity (Wildman–Crippen MR) is 149 cm³/mol. The Bertz CT molecular complexity index is 1380. The van der Waals surface area contributed by atoms with Gasteiger partial charge in [-0.15, -0.1) is 0 Å². The fraction of sp³-hybridized carbons (Fsp3) is 0.385. The number of morpholine rings is 1. The van der Waals surface area contributed by atoms with Crippen molar-refractivity contribution in [3.8, 4) is 11.5 Å². The Morgan fingerprint density at radius 3 is 2.65 bits per heavy atom. The van der Waals surface area contributed by atoms with E-state index >= 15 is 0 Å². The molecule has 0 atom stereocenters. The second-order valence-electron chi connectivity index (χ2n) is 8.69. The molecule has 196 valence electrons. The van der Waals surface area contributed by atoms with Crippen LogP contribution in [0.3, 0.4) is 0 Å². The highest BCUT2D eigenvalue weighted by Crippen LogP contribution is 2.36. The number of benzene rings is 2. The Hall–Kier alpha value is -2.76. The molecule has 0 spiro atoms. The quantitative estimate of drug-likeness (QED) is 0.337. The van der Waals surface area contributed by atoms with E-state index in [-0.39, 0.29) is 24.0 Å². The highest BCUT2D eigenvalue weighted by atomic mass is 79.9. The lowest BCUT2D eigenvalue weighted by atomic mass is 10.2. The lowest BCUT2D eigenvalue weighted by molar-refractivity contribution is -0.137. The van der Waals surface area contributed by atoms with Crippen LogP contribution in [0.4, 0.5) is 0 Å². The Morgan fingerprint density at radius 2 is 1.95 bits per heavy atom. The van der Waals surface area contributed by atoms with Crippen molar-refractivity contribution < 1.29 is 19.0 Å². The molecule has 2 aromatic carbocycles. The van der Waals surface area contributed by atoms with Gasteiger partial charge in [-0.2, -0.15) is 9.78 Å². The summed E-state index contributed by atoms with van der Waals surface area (Å²) < 4.78 is 19.7. The summed E-state index contributed by atoms with van der Waals surface area (Å²) in [7, 11) is 0. The van der Waals surface area contributed by atoms with Crippen molar-refractivity contribution in [2.24, 2.45) is 5.10 Å². The number of aromatic nitrogens is 2. The Morgan fingerprint density at radius 1 is 1.19 bits per heavy atom. The molecule has 4 rings (SSSR count). The maximum absolute atomic E-state index is 13.3. The number of hydrogen-bond acceptors (Lipinski definition) is 7. The van der Waals surface area contributed by atoms with Gasteiger partial charge in [-0.05, 0) is 58.7 Å². The maximum atomic E-state index is 13.3. The molecule has 37 heavy (non-hydrogen) atoms. The first kappa shape index (κ1) is 27.3. The van der Waals surface area contributed by atoms with Gasteiger partial charge >= 0.3 is 0 Å².